The Kier molecular flexibility index (Phi) is 3.43. The van der Waals surface area contributed by atoms with Gasteiger partial charge < -0.3 is 5.32 Å². The molecule has 1 aromatic carbocycles. The van der Waals surface area contributed by atoms with E-state index in [2.05, 4.69) is 37.4 Å². The number of aromatic nitrogens is 4. The second-order valence-electron chi connectivity index (χ2n) is 3.86. The molecular formula is C12H10ClN5S. The molecule has 0 atom stereocenters. The Hall–Kier alpha value is -1.92. The quantitative estimate of drug-likeness (QED) is 0.775. The Morgan fingerprint density at radius 2 is 2.26 bits per heavy atom. The van der Waals surface area contributed by atoms with Crippen molar-refractivity contribution in [3.8, 4) is 11.4 Å². The molecule has 5 nitrogen and oxygen atoms in total. The number of hydrogen-bond acceptors (Lipinski definition) is 5. The van der Waals surface area contributed by atoms with Crippen molar-refractivity contribution >= 4 is 28.6 Å². The predicted octanol–water partition coefficient (Wildman–Crippen LogP) is 3.19. The highest BCUT2D eigenvalue weighted by Gasteiger charge is 2.10. The molecule has 0 amide bonds. The average Bonchev–Trinajstić information content (AvgIpc) is 3.10. The van der Waals surface area contributed by atoms with Gasteiger partial charge in [-0.1, -0.05) is 17.7 Å². The molecule has 19 heavy (non-hydrogen) atoms. The summed E-state index contributed by atoms with van der Waals surface area (Å²) in [5.41, 5.74) is 1.76. The van der Waals surface area contributed by atoms with Gasteiger partial charge in [0, 0.05) is 27.7 Å². The molecule has 0 radical (unpaired) electrons. The van der Waals surface area contributed by atoms with E-state index >= 15 is 0 Å². The van der Waals surface area contributed by atoms with Crippen molar-refractivity contribution in [1.82, 2.24) is 20.6 Å². The number of nitrogens with one attached hydrogen (secondary N) is 2. The molecule has 2 N–H and O–H groups in total. The maximum Gasteiger partial charge on any atom is 0.206 e. The third-order valence-corrected chi connectivity index (χ3v) is 3.71. The fraction of sp³-hybridized carbons (Fsp3) is 0.0833. The van der Waals surface area contributed by atoms with Gasteiger partial charge in [0.2, 0.25) is 5.82 Å². The van der Waals surface area contributed by atoms with E-state index in [1.807, 2.05) is 24.3 Å². The van der Waals surface area contributed by atoms with Crippen LogP contribution in [0.5, 0.6) is 0 Å². The summed E-state index contributed by atoms with van der Waals surface area (Å²) in [6, 6.07) is 9.66. The van der Waals surface area contributed by atoms with Crippen molar-refractivity contribution in [3.63, 3.8) is 0 Å². The molecule has 0 saturated carbocycles. The van der Waals surface area contributed by atoms with Crippen molar-refractivity contribution in [2.24, 2.45) is 0 Å². The molecular weight excluding hydrogens is 282 g/mol. The zero-order valence-electron chi connectivity index (χ0n) is 9.80. The topological polar surface area (TPSA) is 66.5 Å². The van der Waals surface area contributed by atoms with Gasteiger partial charge in [0.1, 0.15) is 0 Å². The molecule has 2 aromatic heterocycles. The molecule has 0 bridgehead atoms. The summed E-state index contributed by atoms with van der Waals surface area (Å²) in [7, 11) is 0. The first-order valence-electron chi connectivity index (χ1n) is 5.62. The minimum atomic E-state index is 0.547. The SMILES string of the molecule is Clc1ccc(-c2nn[nH]n2)c(NCc2cccs2)c1. The molecule has 0 aliphatic rings. The van der Waals surface area contributed by atoms with Crippen molar-refractivity contribution in [2.45, 2.75) is 6.54 Å². The van der Waals surface area contributed by atoms with E-state index in [0.717, 1.165) is 17.8 Å². The fourth-order valence-electron chi connectivity index (χ4n) is 1.73. The maximum atomic E-state index is 6.04. The highest BCUT2D eigenvalue weighted by Crippen LogP contribution is 2.28. The van der Waals surface area contributed by atoms with Gasteiger partial charge in [0.05, 0.1) is 0 Å². The van der Waals surface area contributed by atoms with Gasteiger partial charge in [-0.3, -0.25) is 0 Å². The molecule has 96 valence electrons. The zero-order valence-corrected chi connectivity index (χ0v) is 11.4. The van der Waals surface area contributed by atoms with Gasteiger partial charge in [-0.2, -0.15) is 5.21 Å². The number of nitrogens with zero attached hydrogens (tertiary/aromatic N) is 3. The number of aromatic amines is 1. The van der Waals surface area contributed by atoms with Gasteiger partial charge >= 0.3 is 0 Å². The summed E-state index contributed by atoms with van der Waals surface area (Å²) in [6.45, 7) is 0.739. The first kappa shape index (κ1) is 12.1. The van der Waals surface area contributed by atoms with Crippen molar-refractivity contribution < 1.29 is 0 Å². The number of anilines is 1. The van der Waals surface area contributed by atoms with Crippen LogP contribution in [-0.4, -0.2) is 20.6 Å². The van der Waals surface area contributed by atoms with Crippen LogP contribution in [0.3, 0.4) is 0 Å². The normalized spacial score (nSPS) is 10.6. The number of thiophene rings is 1. The van der Waals surface area contributed by atoms with Gasteiger partial charge in [0.15, 0.2) is 0 Å². The third kappa shape index (κ3) is 2.74. The van der Waals surface area contributed by atoms with Crippen LogP contribution >= 0.6 is 22.9 Å². The lowest BCUT2D eigenvalue weighted by Crippen LogP contribution is -2.00. The molecule has 0 spiro atoms. The van der Waals surface area contributed by atoms with E-state index in [9.17, 15) is 0 Å². The Balaban J connectivity index is 1.88. The van der Waals surface area contributed by atoms with Gasteiger partial charge in [-0.15, -0.1) is 21.5 Å². The fourth-order valence-corrected chi connectivity index (χ4v) is 2.55. The molecule has 0 aliphatic heterocycles. The molecule has 3 aromatic rings. The van der Waals surface area contributed by atoms with Gasteiger partial charge in [0.25, 0.3) is 0 Å². The monoisotopic (exact) mass is 291 g/mol. The van der Waals surface area contributed by atoms with Gasteiger partial charge in [-0.25, -0.2) is 0 Å². The molecule has 0 unspecified atom stereocenters. The molecule has 0 saturated heterocycles. The first-order chi connectivity index (χ1) is 9.33. The Morgan fingerprint density at radius 3 is 3.00 bits per heavy atom. The van der Waals surface area contributed by atoms with Crippen LogP contribution < -0.4 is 5.32 Å². The van der Waals surface area contributed by atoms with E-state index in [1.54, 1.807) is 11.3 Å². The van der Waals surface area contributed by atoms with Crippen LogP contribution in [0.15, 0.2) is 35.7 Å². The lowest BCUT2D eigenvalue weighted by Gasteiger charge is -2.09. The zero-order chi connectivity index (χ0) is 13.1. The van der Waals surface area contributed by atoms with Gasteiger partial charge in [-0.05, 0) is 34.9 Å². The third-order valence-electron chi connectivity index (χ3n) is 2.60. The smallest absolute Gasteiger partial charge is 0.206 e. The molecule has 2 heterocycles. The number of rotatable bonds is 4. The molecule has 0 aliphatic carbocycles. The Labute approximate surface area is 118 Å². The summed E-state index contributed by atoms with van der Waals surface area (Å²) >= 11 is 7.74. The lowest BCUT2D eigenvalue weighted by atomic mass is 10.1. The summed E-state index contributed by atoms with van der Waals surface area (Å²) in [6.07, 6.45) is 0. The second kappa shape index (κ2) is 5.38. The Bertz CT molecular complexity index is 651. The van der Waals surface area contributed by atoms with E-state index in [1.165, 1.54) is 4.88 Å². The van der Waals surface area contributed by atoms with Crippen LogP contribution in [0.4, 0.5) is 5.69 Å². The average molecular weight is 292 g/mol. The van der Waals surface area contributed by atoms with E-state index < -0.39 is 0 Å². The standard InChI is InChI=1S/C12H10ClN5S/c13-8-3-4-10(12-15-17-18-16-12)11(6-8)14-7-9-2-1-5-19-9/h1-6,14H,7H2,(H,15,16,17,18). The van der Waals surface area contributed by atoms with Crippen LogP contribution in [0.25, 0.3) is 11.4 Å². The largest absolute Gasteiger partial charge is 0.380 e. The van der Waals surface area contributed by atoms with Crippen LogP contribution in [0.2, 0.25) is 5.02 Å². The Morgan fingerprint density at radius 1 is 1.32 bits per heavy atom. The highest BCUT2D eigenvalue weighted by atomic mass is 35.5. The molecule has 7 heteroatoms. The maximum absolute atomic E-state index is 6.04. The van der Waals surface area contributed by atoms with Crippen LogP contribution in [0, 0.1) is 0 Å². The van der Waals surface area contributed by atoms with Crippen molar-refractivity contribution in [3.05, 3.63) is 45.6 Å². The number of halogens is 1. The number of tetrazole rings is 1. The van der Waals surface area contributed by atoms with E-state index in [0.29, 0.717) is 10.8 Å². The summed E-state index contributed by atoms with van der Waals surface area (Å²) in [5, 5.41) is 20.1. The lowest BCUT2D eigenvalue weighted by molar-refractivity contribution is 0.881. The summed E-state index contributed by atoms with van der Waals surface area (Å²) < 4.78 is 0. The van der Waals surface area contributed by atoms with Crippen molar-refractivity contribution in [2.75, 3.05) is 5.32 Å². The highest BCUT2D eigenvalue weighted by molar-refractivity contribution is 7.09. The summed E-state index contributed by atoms with van der Waals surface area (Å²) in [4.78, 5) is 1.25. The first-order valence-corrected chi connectivity index (χ1v) is 6.88. The van der Waals surface area contributed by atoms with E-state index in [-0.39, 0.29) is 0 Å². The van der Waals surface area contributed by atoms with E-state index in [4.69, 9.17) is 11.6 Å². The minimum absolute atomic E-state index is 0.547. The number of benzene rings is 1. The molecule has 3 rings (SSSR count). The van der Waals surface area contributed by atoms with Crippen LogP contribution in [-0.2, 0) is 6.54 Å². The summed E-state index contributed by atoms with van der Waals surface area (Å²) in [5.74, 6) is 0.547. The van der Waals surface area contributed by atoms with Crippen LogP contribution in [0.1, 0.15) is 4.88 Å². The predicted molar refractivity (Wildman–Crippen MR) is 76.3 cm³/mol. The number of hydrogen-bond donors (Lipinski definition) is 2. The second-order valence-corrected chi connectivity index (χ2v) is 5.33. The number of H-pyrrole nitrogens is 1. The minimum Gasteiger partial charge on any atom is -0.380 e. The molecule has 0 fully saturated rings. The van der Waals surface area contributed by atoms with Crippen molar-refractivity contribution in [1.29, 1.82) is 0 Å².